The summed E-state index contributed by atoms with van der Waals surface area (Å²) in [5.41, 5.74) is 5.40. The molecule has 0 aliphatic heterocycles. The molecule has 2 heterocycles. The zero-order valence-electron chi connectivity index (χ0n) is 18.2. The average Bonchev–Trinajstić information content (AvgIpc) is 3.24. The fourth-order valence-corrected chi connectivity index (χ4v) is 3.88. The second-order valence-electron chi connectivity index (χ2n) is 8.54. The quantitative estimate of drug-likeness (QED) is 0.254. The first-order valence-corrected chi connectivity index (χ1v) is 13.5. The Labute approximate surface area is 181 Å². The van der Waals surface area contributed by atoms with Gasteiger partial charge in [-0.2, -0.15) is 9.78 Å². The molecule has 7 heteroatoms. The van der Waals surface area contributed by atoms with Gasteiger partial charge in [0.1, 0.15) is 24.8 Å². The lowest BCUT2D eigenvalue weighted by Crippen LogP contribution is -2.40. The summed E-state index contributed by atoms with van der Waals surface area (Å²) in [6.45, 7) is 6.67. The van der Waals surface area contributed by atoms with Gasteiger partial charge >= 0.3 is 0 Å². The molecule has 0 saturated carbocycles. The van der Waals surface area contributed by atoms with Crippen molar-refractivity contribution in [3.8, 4) is 23.3 Å². The molecule has 0 radical (unpaired) electrons. The van der Waals surface area contributed by atoms with Crippen LogP contribution >= 0.6 is 0 Å². The van der Waals surface area contributed by atoms with Crippen LogP contribution in [0.5, 0.6) is 0 Å². The third-order valence-corrected chi connectivity index (χ3v) is 5.95. The summed E-state index contributed by atoms with van der Waals surface area (Å²) in [4.78, 5) is 0. The van der Waals surface area contributed by atoms with Crippen LogP contribution in [0.4, 0.5) is 8.78 Å². The summed E-state index contributed by atoms with van der Waals surface area (Å²) in [7, 11) is 2.02. The standard InChI is InChI=1S/C24H23F2N4Si/c1-28-21-10-8-17(23(25)19(21)15-27-28)7-6-13-30-16-20-22(29(30)2)11-9-18(24(20)26)12-14-31(3,4)5/h8-11,15-16H,13H2,1-5H3/q+1. The maximum atomic E-state index is 15.0. The predicted molar refractivity (Wildman–Crippen MR) is 121 cm³/mol. The topological polar surface area (TPSA) is 26.6 Å². The summed E-state index contributed by atoms with van der Waals surface area (Å²) < 4.78 is 35.0. The van der Waals surface area contributed by atoms with Crippen LogP contribution in [0, 0.1) is 34.9 Å². The van der Waals surface area contributed by atoms with Crippen molar-refractivity contribution in [3.05, 3.63) is 59.4 Å². The van der Waals surface area contributed by atoms with E-state index in [9.17, 15) is 4.39 Å². The highest BCUT2D eigenvalue weighted by molar-refractivity contribution is 6.83. The molecule has 4 nitrogen and oxygen atoms in total. The average molecular weight is 434 g/mol. The monoisotopic (exact) mass is 433 g/mol. The lowest BCUT2D eigenvalue weighted by Gasteiger charge is -2.03. The second kappa shape index (κ2) is 7.68. The molecule has 2 aromatic carbocycles. The van der Waals surface area contributed by atoms with Gasteiger partial charge in [-0.05, 0) is 30.2 Å². The molecule has 2 aromatic heterocycles. The Hall–Kier alpha value is -3.42. The third-order valence-electron chi connectivity index (χ3n) is 5.07. The highest BCUT2D eigenvalue weighted by atomic mass is 28.3. The van der Waals surface area contributed by atoms with Crippen LogP contribution in [-0.2, 0) is 20.6 Å². The van der Waals surface area contributed by atoms with Gasteiger partial charge in [0.25, 0.3) is 0 Å². The van der Waals surface area contributed by atoms with E-state index in [2.05, 4.69) is 48.0 Å². The molecule has 0 aliphatic rings. The van der Waals surface area contributed by atoms with E-state index >= 15 is 4.39 Å². The number of aromatic nitrogens is 4. The number of fused-ring (bicyclic) bond motifs is 2. The van der Waals surface area contributed by atoms with Crippen LogP contribution in [0.2, 0.25) is 19.6 Å². The summed E-state index contributed by atoms with van der Waals surface area (Å²) in [5, 5.41) is 5.02. The minimum Gasteiger partial charge on any atom is -0.268 e. The van der Waals surface area contributed by atoms with Crippen LogP contribution in [0.3, 0.4) is 0 Å². The van der Waals surface area contributed by atoms with E-state index in [0.717, 1.165) is 11.0 Å². The maximum Gasteiger partial charge on any atom is 0.233 e. The smallest absolute Gasteiger partial charge is 0.233 e. The highest BCUT2D eigenvalue weighted by Crippen LogP contribution is 2.21. The van der Waals surface area contributed by atoms with E-state index in [0.29, 0.717) is 28.4 Å². The van der Waals surface area contributed by atoms with E-state index in [1.807, 2.05) is 17.8 Å². The molecule has 0 spiro atoms. The molecule has 0 fully saturated rings. The summed E-state index contributed by atoms with van der Waals surface area (Å²) in [6, 6.07) is 7.05. The first-order valence-electron chi connectivity index (χ1n) is 9.95. The number of halogens is 2. The largest absolute Gasteiger partial charge is 0.268 e. The third kappa shape index (κ3) is 3.97. The van der Waals surface area contributed by atoms with Gasteiger partial charge in [-0.15, -0.1) is 10.2 Å². The van der Waals surface area contributed by atoms with Gasteiger partial charge < -0.3 is 0 Å². The van der Waals surface area contributed by atoms with Gasteiger partial charge in [-0.3, -0.25) is 4.68 Å². The Bertz CT molecular complexity index is 1450. The van der Waals surface area contributed by atoms with Crippen LogP contribution in [0.25, 0.3) is 21.8 Å². The molecule has 0 unspecified atom stereocenters. The van der Waals surface area contributed by atoms with Gasteiger partial charge in [0.05, 0.1) is 35.3 Å². The molecule has 156 valence electrons. The molecule has 0 aliphatic carbocycles. The van der Waals surface area contributed by atoms with E-state index in [-0.39, 0.29) is 11.6 Å². The van der Waals surface area contributed by atoms with Crippen molar-refractivity contribution < 1.29 is 13.5 Å². The van der Waals surface area contributed by atoms with Crippen molar-refractivity contribution in [2.24, 2.45) is 14.1 Å². The molecule has 31 heavy (non-hydrogen) atoms. The predicted octanol–water partition coefficient (Wildman–Crippen LogP) is 3.91. The molecular weight excluding hydrogens is 410 g/mol. The molecule has 4 rings (SSSR count). The van der Waals surface area contributed by atoms with Gasteiger partial charge in [0.2, 0.25) is 12.7 Å². The molecule has 0 N–H and O–H groups in total. The number of hydrogen-bond donors (Lipinski definition) is 0. The molecule has 0 amide bonds. The first-order chi connectivity index (χ1) is 14.7. The van der Waals surface area contributed by atoms with Crippen LogP contribution in [0.1, 0.15) is 11.1 Å². The fraction of sp³-hybridized carbons (Fsp3) is 0.250. The Morgan fingerprint density at radius 1 is 0.935 bits per heavy atom. The molecule has 0 saturated heterocycles. The maximum absolute atomic E-state index is 15.0. The summed E-state index contributed by atoms with van der Waals surface area (Å²) in [6.07, 6.45) is 3.22. The fourth-order valence-electron chi connectivity index (χ4n) is 3.37. The van der Waals surface area contributed by atoms with E-state index < -0.39 is 8.07 Å². The number of hydrogen-bond acceptors (Lipinski definition) is 1. The minimum absolute atomic E-state index is 0.297. The van der Waals surface area contributed by atoms with Crippen molar-refractivity contribution in [2.45, 2.75) is 26.2 Å². The van der Waals surface area contributed by atoms with Gasteiger partial charge in [-0.25, -0.2) is 8.78 Å². The normalized spacial score (nSPS) is 11.3. The number of nitrogens with zero attached hydrogens (tertiary/aromatic N) is 4. The van der Waals surface area contributed by atoms with Crippen molar-refractivity contribution in [1.29, 1.82) is 0 Å². The van der Waals surface area contributed by atoms with Crippen molar-refractivity contribution in [1.82, 2.24) is 14.5 Å². The van der Waals surface area contributed by atoms with Gasteiger partial charge in [0, 0.05) is 7.05 Å². The zero-order valence-corrected chi connectivity index (χ0v) is 19.2. The summed E-state index contributed by atoms with van der Waals surface area (Å²) in [5.74, 6) is 8.18. The Morgan fingerprint density at radius 2 is 1.58 bits per heavy atom. The summed E-state index contributed by atoms with van der Waals surface area (Å²) >= 11 is 0. The molecule has 0 atom stereocenters. The zero-order chi connectivity index (χ0) is 22.3. The Kier molecular flexibility index (Phi) is 5.16. The first kappa shape index (κ1) is 20.8. The molecular formula is C24H23F2N4Si+. The van der Waals surface area contributed by atoms with Crippen molar-refractivity contribution >= 4 is 29.9 Å². The van der Waals surface area contributed by atoms with Crippen molar-refractivity contribution in [3.63, 3.8) is 0 Å². The number of benzene rings is 2. The number of aryl methyl sites for hydroxylation is 2. The highest BCUT2D eigenvalue weighted by Gasteiger charge is 2.18. The van der Waals surface area contributed by atoms with Crippen LogP contribution in [-0.4, -0.2) is 22.5 Å². The van der Waals surface area contributed by atoms with Crippen molar-refractivity contribution in [2.75, 3.05) is 0 Å². The second-order valence-corrected chi connectivity index (χ2v) is 13.3. The SMILES string of the molecule is Cn1ncc2c(F)c(C#CC[n+]3cc4c(F)c(C#C[Si](C)(C)C)ccc4n3C)ccc21. The van der Waals surface area contributed by atoms with E-state index in [1.165, 1.54) is 6.20 Å². The van der Waals surface area contributed by atoms with Crippen LogP contribution in [0.15, 0.2) is 36.7 Å². The van der Waals surface area contributed by atoms with Crippen LogP contribution < -0.4 is 4.68 Å². The van der Waals surface area contributed by atoms with Gasteiger partial charge in [-0.1, -0.05) is 31.5 Å². The lowest BCUT2D eigenvalue weighted by molar-refractivity contribution is -0.760. The molecule has 0 bridgehead atoms. The van der Waals surface area contributed by atoms with E-state index in [4.69, 9.17) is 0 Å². The molecule has 4 aromatic rings. The van der Waals surface area contributed by atoms with E-state index in [1.54, 1.807) is 40.8 Å². The Morgan fingerprint density at radius 3 is 2.29 bits per heavy atom. The minimum atomic E-state index is -1.60. The Balaban J connectivity index is 1.66. The van der Waals surface area contributed by atoms with Gasteiger partial charge in [0.15, 0.2) is 5.82 Å². The lowest BCUT2D eigenvalue weighted by atomic mass is 10.1. The number of rotatable bonds is 1.